The molecule has 3 atom stereocenters. The molecule has 2 bridgehead atoms. The largest absolute Gasteiger partial charge is 0.490 e. The van der Waals surface area contributed by atoms with Gasteiger partial charge in [0, 0.05) is 24.8 Å². The van der Waals surface area contributed by atoms with Gasteiger partial charge in [-0.1, -0.05) is 6.58 Å². The third-order valence-electron chi connectivity index (χ3n) is 4.81. The van der Waals surface area contributed by atoms with Crippen LogP contribution < -0.4 is 0 Å². The third kappa shape index (κ3) is 5.41. The fourth-order valence-electron chi connectivity index (χ4n) is 3.84. The Morgan fingerprint density at radius 3 is 1.83 bits per heavy atom. The van der Waals surface area contributed by atoms with Crippen LogP contribution in [0.25, 0.3) is 0 Å². The molecular weight excluding hydrogens is 414 g/mol. The monoisotopic (exact) mass is 432 g/mol. The summed E-state index contributed by atoms with van der Waals surface area (Å²) < 4.78 is 90.1. The number of rotatable bonds is 4. The van der Waals surface area contributed by atoms with E-state index in [1.807, 2.05) is 0 Å². The molecule has 0 spiro atoms. The van der Waals surface area contributed by atoms with Crippen LogP contribution in [-0.4, -0.2) is 47.6 Å². The van der Waals surface area contributed by atoms with Gasteiger partial charge in [-0.2, -0.15) is 26.3 Å². The SMILES string of the molecule is C=C(C)C(=O)OC12CCCC(OC(=O)C(F)(F)F)(CC(OC(=O)C(F)(F)F)C1)C2. The summed E-state index contributed by atoms with van der Waals surface area (Å²) in [6, 6.07) is 0. The molecule has 0 heterocycles. The summed E-state index contributed by atoms with van der Waals surface area (Å²) in [6.07, 6.45) is -13.4. The van der Waals surface area contributed by atoms with Crippen LogP contribution in [-0.2, 0) is 28.6 Å². The van der Waals surface area contributed by atoms with Crippen molar-refractivity contribution in [3.05, 3.63) is 12.2 Å². The lowest BCUT2D eigenvalue weighted by Crippen LogP contribution is -2.59. The fraction of sp³-hybridized carbons (Fsp3) is 0.706. The van der Waals surface area contributed by atoms with Crippen molar-refractivity contribution in [2.75, 3.05) is 0 Å². The van der Waals surface area contributed by atoms with E-state index in [1.54, 1.807) is 0 Å². The zero-order valence-electron chi connectivity index (χ0n) is 15.2. The van der Waals surface area contributed by atoms with Crippen LogP contribution >= 0.6 is 0 Å². The van der Waals surface area contributed by atoms with Gasteiger partial charge in [0.2, 0.25) is 0 Å². The van der Waals surface area contributed by atoms with E-state index in [0.29, 0.717) is 0 Å². The first-order chi connectivity index (χ1) is 13.1. The Labute approximate surface area is 161 Å². The first-order valence-electron chi connectivity index (χ1n) is 8.54. The lowest BCUT2D eigenvalue weighted by molar-refractivity contribution is -0.245. The van der Waals surface area contributed by atoms with Gasteiger partial charge in [-0.3, -0.25) is 0 Å². The maximum atomic E-state index is 12.7. The van der Waals surface area contributed by atoms with Crippen LogP contribution in [0.2, 0.25) is 0 Å². The van der Waals surface area contributed by atoms with E-state index in [9.17, 15) is 40.7 Å². The number of carbonyl (C=O) groups excluding carboxylic acids is 3. The zero-order valence-corrected chi connectivity index (χ0v) is 15.2. The first kappa shape index (κ1) is 23.0. The van der Waals surface area contributed by atoms with Crippen molar-refractivity contribution >= 4 is 17.9 Å². The molecule has 12 heteroatoms. The molecule has 0 aromatic heterocycles. The Bertz CT molecular complexity index is 714. The molecule has 29 heavy (non-hydrogen) atoms. The van der Waals surface area contributed by atoms with E-state index < -0.39 is 54.0 Å². The topological polar surface area (TPSA) is 78.9 Å². The molecule has 2 saturated carbocycles. The number of hydrogen-bond acceptors (Lipinski definition) is 6. The normalized spacial score (nSPS) is 29.6. The molecule has 0 radical (unpaired) electrons. The van der Waals surface area contributed by atoms with Crippen molar-refractivity contribution in [3.8, 4) is 0 Å². The number of alkyl halides is 6. The fourth-order valence-corrected chi connectivity index (χ4v) is 3.84. The van der Waals surface area contributed by atoms with Crippen LogP contribution in [0.15, 0.2) is 12.2 Å². The Balaban J connectivity index is 2.34. The summed E-state index contributed by atoms with van der Waals surface area (Å²) in [5.41, 5.74) is -3.50. The van der Waals surface area contributed by atoms with Gasteiger partial charge >= 0.3 is 30.3 Å². The van der Waals surface area contributed by atoms with Crippen LogP contribution in [0, 0.1) is 0 Å². The summed E-state index contributed by atoms with van der Waals surface area (Å²) in [6.45, 7) is 4.69. The number of esters is 3. The number of carbonyl (C=O) groups is 3. The Kier molecular flexibility index (Phi) is 5.97. The molecule has 6 nitrogen and oxygen atoms in total. The maximum absolute atomic E-state index is 12.7. The highest BCUT2D eigenvalue weighted by molar-refractivity contribution is 5.87. The van der Waals surface area contributed by atoms with Crippen molar-refractivity contribution < 1.29 is 54.9 Å². The van der Waals surface area contributed by atoms with E-state index in [-0.39, 0.29) is 37.7 Å². The average molecular weight is 432 g/mol. The maximum Gasteiger partial charge on any atom is 0.490 e. The van der Waals surface area contributed by atoms with E-state index in [0.717, 1.165) is 0 Å². The molecule has 0 aromatic rings. The highest BCUT2D eigenvalue weighted by Crippen LogP contribution is 2.51. The molecule has 164 valence electrons. The van der Waals surface area contributed by atoms with Gasteiger partial charge in [-0.15, -0.1) is 0 Å². The molecule has 3 unspecified atom stereocenters. The highest BCUT2D eigenvalue weighted by atomic mass is 19.4. The van der Waals surface area contributed by atoms with Crippen LogP contribution in [0.4, 0.5) is 26.3 Å². The van der Waals surface area contributed by atoms with E-state index in [2.05, 4.69) is 16.1 Å². The van der Waals surface area contributed by atoms with E-state index >= 15 is 0 Å². The molecule has 0 saturated heterocycles. The molecule has 2 fully saturated rings. The molecule has 2 aliphatic rings. The predicted molar refractivity (Wildman–Crippen MR) is 82.2 cm³/mol. The second-order valence-electron chi connectivity index (χ2n) is 7.39. The smallest absolute Gasteiger partial charge is 0.455 e. The Hall–Kier alpha value is -2.27. The lowest BCUT2D eigenvalue weighted by atomic mass is 9.65. The van der Waals surface area contributed by atoms with Crippen molar-refractivity contribution in [1.29, 1.82) is 0 Å². The number of hydrogen-bond donors (Lipinski definition) is 0. The summed E-state index contributed by atoms with van der Waals surface area (Å²) in [7, 11) is 0. The molecule has 0 N–H and O–H groups in total. The summed E-state index contributed by atoms with van der Waals surface area (Å²) in [4.78, 5) is 34.6. The third-order valence-corrected chi connectivity index (χ3v) is 4.81. The zero-order chi connectivity index (χ0) is 22.3. The van der Waals surface area contributed by atoms with Crippen molar-refractivity contribution in [2.24, 2.45) is 0 Å². The second-order valence-corrected chi connectivity index (χ2v) is 7.39. The van der Waals surface area contributed by atoms with Gasteiger partial charge in [0.25, 0.3) is 0 Å². The minimum absolute atomic E-state index is 0.0442. The van der Waals surface area contributed by atoms with Crippen LogP contribution in [0.3, 0.4) is 0 Å². The average Bonchev–Trinajstić information content (AvgIpc) is 2.51. The Morgan fingerprint density at radius 2 is 1.38 bits per heavy atom. The molecular formula is C17H18F6O6. The molecule has 2 aliphatic carbocycles. The second kappa shape index (κ2) is 7.52. The summed E-state index contributed by atoms with van der Waals surface area (Å²) in [5, 5.41) is 0. The van der Waals surface area contributed by atoms with Crippen LogP contribution in [0.1, 0.15) is 45.4 Å². The van der Waals surface area contributed by atoms with Crippen molar-refractivity contribution in [1.82, 2.24) is 0 Å². The first-order valence-corrected chi connectivity index (χ1v) is 8.54. The van der Waals surface area contributed by atoms with Crippen molar-refractivity contribution in [3.63, 3.8) is 0 Å². The predicted octanol–water partition coefficient (Wildman–Crippen LogP) is 3.53. The quantitative estimate of drug-likeness (QED) is 0.293. The molecule has 2 rings (SSSR count). The minimum atomic E-state index is -5.33. The van der Waals surface area contributed by atoms with Gasteiger partial charge in [0.1, 0.15) is 17.3 Å². The van der Waals surface area contributed by atoms with Gasteiger partial charge < -0.3 is 14.2 Å². The number of fused-ring (bicyclic) bond motifs is 2. The highest BCUT2D eigenvalue weighted by Gasteiger charge is 2.59. The molecule has 0 aromatic carbocycles. The van der Waals surface area contributed by atoms with Gasteiger partial charge in [-0.05, 0) is 26.2 Å². The summed E-state index contributed by atoms with van der Waals surface area (Å²) >= 11 is 0. The van der Waals surface area contributed by atoms with E-state index in [4.69, 9.17) is 4.74 Å². The van der Waals surface area contributed by atoms with E-state index in [1.165, 1.54) is 6.92 Å². The van der Waals surface area contributed by atoms with Gasteiger partial charge in [0.15, 0.2) is 0 Å². The standard InChI is InChI=1S/C17H18F6O6/c1-9(2)11(24)28-14-4-3-5-15(8-14,29-13(26)17(21,22)23)7-10(6-14)27-12(25)16(18,19)20/h10H,1,3-8H2,2H3. The van der Waals surface area contributed by atoms with Gasteiger partial charge in [0.05, 0.1) is 0 Å². The summed E-state index contributed by atoms with van der Waals surface area (Å²) in [5.74, 6) is -5.98. The molecule has 0 amide bonds. The minimum Gasteiger partial charge on any atom is -0.455 e. The van der Waals surface area contributed by atoms with Crippen molar-refractivity contribution in [2.45, 2.75) is 75.1 Å². The van der Waals surface area contributed by atoms with Gasteiger partial charge in [-0.25, -0.2) is 14.4 Å². The Morgan fingerprint density at radius 1 is 0.897 bits per heavy atom. The lowest BCUT2D eigenvalue weighted by Gasteiger charge is -2.52. The van der Waals surface area contributed by atoms with Crippen LogP contribution in [0.5, 0.6) is 0 Å². The molecule has 0 aliphatic heterocycles. The number of ether oxygens (including phenoxy) is 3. The number of halogens is 6.